The molecule has 2 aromatic rings. The molecule has 1 fully saturated rings. The number of hydrogen-bond acceptors (Lipinski definition) is 7. The maximum absolute atomic E-state index is 13.1. The normalized spacial score (nSPS) is 16.0. The number of urea groups is 1. The molecule has 1 atom stereocenters. The van der Waals surface area contributed by atoms with Crippen LogP contribution in [-0.4, -0.2) is 69.9 Å². The van der Waals surface area contributed by atoms with Gasteiger partial charge in [-0.2, -0.15) is 31.4 Å². The van der Waals surface area contributed by atoms with E-state index < -0.39 is 40.8 Å². The van der Waals surface area contributed by atoms with Crippen LogP contribution in [0.2, 0.25) is 0 Å². The summed E-state index contributed by atoms with van der Waals surface area (Å²) in [5.41, 5.74) is -4.15. The number of carbonyl (C=O) groups excluding carboxylic acids is 1. The van der Waals surface area contributed by atoms with Crippen molar-refractivity contribution in [2.45, 2.75) is 31.7 Å². The maximum atomic E-state index is 13.1. The molecular weight excluding hydrogens is 510 g/mol. The van der Waals surface area contributed by atoms with E-state index in [1.807, 2.05) is 0 Å². The lowest BCUT2D eigenvalue weighted by Gasteiger charge is -2.22. The predicted molar refractivity (Wildman–Crippen MR) is 121 cm³/mol. The van der Waals surface area contributed by atoms with Crippen LogP contribution in [0.4, 0.5) is 42.8 Å². The first-order valence-electron chi connectivity index (χ1n) is 11.1. The van der Waals surface area contributed by atoms with E-state index in [0.29, 0.717) is 26.1 Å². The molecule has 1 unspecified atom stereocenters. The van der Waals surface area contributed by atoms with Crippen molar-refractivity contribution in [1.29, 1.82) is 0 Å². The minimum atomic E-state index is -4.86. The van der Waals surface area contributed by atoms with E-state index in [9.17, 15) is 35.9 Å². The van der Waals surface area contributed by atoms with Crippen LogP contribution in [0, 0.1) is 0 Å². The minimum Gasteiger partial charge on any atom is -0.377 e. The van der Waals surface area contributed by atoms with Crippen LogP contribution in [0.15, 0.2) is 35.5 Å². The number of hydrogen-bond donors (Lipinski definition) is 3. The second kappa shape index (κ2) is 11.5. The van der Waals surface area contributed by atoms with Crippen LogP contribution in [0.25, 0.3) is 0 Å². The summed E-state index contributed by atoms with van der Waals surface area (Å²) in [6, 6.07) is -0.990. The van der Waals surface area contributed by atoms with Gasteiger partial charge in [-0.3, -0.25) is 4.79 Å². The third-order valence-corrected chi connectivity index (χ3v) is 5.35. The number of aromatic nitrogens is 4. The molecule has 0 radical (unpaired) electrons. The molecule has 3 N–H and O–H groups in total. The molecule has 0 aliphatic carbocycles. The highest BCUT2D eigenvalue weighted by atomic mass is 19.4. The number of nitrogens with zero attached hydrogens (tertiary/aromatic N) is 5. The molecule has 0 bridgehead atoms. The molecule has 0 spiro atoms. The van der Waals surface area contributed by atoms with E-state index in [1.165, 1.54) is 11.0 Å². The molecule has 0 aromatic carbocycles. The van der Waals surface area contributed by atoms with Crippen LogP contribution < -0.4 is 21.1 Å². The van der Waals surface area contributed by atoms with Crippen LogP contribution in [0.3, 0.4) is 0 Å². The van der Waals surface area contributed by atoms with Crippen molar-refractivity contribution in [3.8, 4) is 0 Å². The van der Waals surface area contributed by atoms with Crippen molar-refractivity contribution in [3.63, 3.8) is 0 Å². The third kappa shape index (κ3) is 7.57. The molecule has 2 amide bonds. The molecule has 1 aliphatic heterocycles. The Bertz CT molecular complexity index is 1150. The van der Waals surface area contributed by atoms with Gasteiger partial charge in [0.2, 0.25) is 5.95 Å². The average Bonchev–Trinajstić information content (AvgIpc) is 3.07. The van der Waals surface area contributed by atoms with Crippen molar-refractivity contribution < 1.29 is 31.1 Å². The molecular formula is C21H24F6N8O2. The molecule has 202 valence electrons. The van der Waals surface area contributed by atoms with Crippen LogP contribution in [0.1, 0.15) is 24.5 Å². The fraction of sp³-hybridized carbons (Fsp3) is 0.476. The van der Waals surface area contributed by atoms with E-state index in [0.717, 1.165) is 18.6 Å². The molecule has 3 heterocycles. The Labute approximate surface area is 206 Å². The van der Waals surface area contributed by atoms with Crippen molar-refractivity contribution in [2.75, 3.05) is 42.9 Å². The Morgan fingerprint density at radius 3 is 2.43 bits per heavy atom. The molecule has 0 saturated carbocycles. The highest BCUT2D eigenvalue weighted by Gasteiger charge is 2.37. The largest absolute Gasteiger partial charge is 0.423 e. The minimum absolute atomic E-state index is 0.0901. The summed E-state index contributed by atoms with van der Waals surface area (Å²) < 4.78 is 77.5. The monoisotopic (exact) mass is 534 g/mol. The van der Waals surface area contributed by atoms with Crippen LogP contribution >= 0.6 is 0 Å². The summed E-state index contributed by atoms with van der Waals surface area (Å²) in [6.45, 7) is 3.12. The zero-order valence-electron chi connectivity index (χ0n) is 19.5. The predicted octanol–water partition coefficient (Wildman–Crippen LogP) is 2.88. The molecule has 1 aliphatic rings. The van der Waals surface area contributed by atoms with Gasteiger partial charge in [0, 0.05) is 51.2 Å². The van der Waals surface area contributed by atoms with Gasteiger partial charge in [-0.25, -0.2) is 19.9 Å². The maximum Gasteiger partial charge on any atom is 0.423 e. The third-order valence-electron chi connectivity index (χ3n) is 5.35. The zero-order chi connectivity index (χ0) is 27.2. The topological polar surface area (TPSA) is 119 Å². The summed E-state index contributed by atoms with van der Waals surface area (Å²) in [4.78, 5) is 34.8. The zero-order valence-corrected chi connectivity index (χ0v) is 19.5. The second-order valence-electron chi connectivity index (χ2n) is 8.13. The summed E-state index contributed by atoms with van der Waals surface area (Å²) in [5.74, 6) is 0.143. The van der Waals surface area contributed by atoms with Crippen molar-refractivity contribution in [1.82, 2.24) is 30.4 Å². The fourth-order valence-corrected chi connectivity index (χ4v) is 3.56. The smallest absolute Gasteiger partial charge is 0.377 e. The number of halogens is 6. The van der Waals surface area contributed by atoms with E-state index in [-0.39, 0.29) is 25.1 Å². The van der Waals surface area contributed by atoms with E-state index in [2.05, 4.69) is 25.7 Å². The number of amides is 2. The van der Waals surface area contributed by atoms with E-state index >= 15 is 0 Å². The highest BCUT2D eigenvalue weighted by molar-refractivity contribution is 5.74. The van der Waals surface area contributed by atoms with Gasteiger partial charge in [0.15, 0.2) is 0 Å². The molecule has 2 aromatic heterocycles. The van der Waals surface area contributed by atoms with Gasteiger partial charge in [-0.15, -0.1) is 0 Å². The number of nitrogens with one attached hydrogen (secondary N) is 3. The van der Waals surface area contributed by atoms with E-state index in [1.54, 1.807) is 23.0 Å². The highest BCUT2D eigenvalue weighted by Crippen LogP contribution is 2.31. The average molecular weight is 534 g/mol. The standard InChI is InChI=1S/C21H24F6N8O2/c1-13(32-15-12-31-33-17(36)16(15)21(25,26)27)4-2-5-28-19(37)35-7-3-6-34(8-9-35)18-29-10-14(11-30-18)20(22,23)24/h2,4,10-13H,3,5-9H2,1H3,(H,28,37)(H2,32,33,36)/b4-2+. The van der Waals surface area contributed by atoms with Crippen molar-refractivity contribution >= 4 is 17.7 Å². The van der Waals surface area contributed by atoms with Crippen molar-refractivity contribution in [3.05, 3.63) is 52.2 Å². The fourth-order valence-electron chi connectivity index (χ4n) is 3.56. The van der Waals surface area contributed by atoms with E-state index in [4.69, 9.17) is 0 Å². The van der Waals surface area contributed by atoms with Crippen LogP contribution in [-0.2, 0) is 12.4 Å². The summed E-state index contributed by atoms with van der Waals surface area (Å²) in [5, 5.41) is 10.4. The Balaban J connectivity index is 1.48. The van der Waals surface area contributed by atoms with Gasteiger partial charge >= 0.3 is 18.4 Å². The summed E-state index contributed by atoms with van der Waals surface area (Å²) in [7, 11) is 0. The molecule has 10 nitrogen and oxygen atoms in total. The summed E-state index contributed by atoms with van der Waals surface area (Å²) in [6.07, 6.45) is -3.48. The lowest BCUT2D eigenvalue weighted by Crippen LogP contribution is -2.42. The number of anilines is 2. The Morgan fingerprint density at radius 1 is 1.08 bits per heavy atom. The number of rotatable bonds is 6. The van der Waals surface area contributed by atoms with Gasteiger partial charge in [0.05, 0.1) is 17.4 Å². The Morgan fingerprint density at radius 2 is 1.78 bits per heavy atom. The first-order chi connectivity index (χ1) is 17.4. The molecule has 1 saturated heterocycles. The van der Waals surface area contributed by atoms with Gasteiger partial charge in [-0.05, 0) is 13.3 Å². The number of aromatic amines is 1. The number of alkyl halides is 6. The lowest BCUT2D eigenvalue weighted by molar-refractivity contribution is -0.139. The van der Waals surface area contributed by atoms with Gasteiger partial charge in [0.1, 0.15) is 5.56 Å². The number of H-pyrrole nitrogens is 1. The van der Waals surface area contributed by atoms with Gasteiger partial charge < -0.3 is 20.4 Å². The van der Waals surface area contributed by atoms with Gasteiger partial charge in [-0.1, -0.05) is 12.2 Å². The molecule has 37 heavy (non-hydrogen) atoms. The Hall–Kier alpha value is -3.85. The molecule has 16 heteroatoms. The number of carbonyl (C=O) groups is 1. The first kappa shape index (κ1) is 27.7. The van der Waals surface area contributed by atoms with Crippen LogP contribution in [0.5, 0.6) is 0 Å². The second-order valence-corrected chi connectivity index (χ2v) is 8.13. The Kier molecular flexibility index (Phi) is 8.60. The lowest BCUT2D eigenvalue weighted by atomic mass is 10.2. The quantitative estimate of drug-likeness (QED) is 0.385. The summed E-state index contributed by atoms with van der Waals surface area (Å²) >= 11 is 0. The SMILES string of the molecule is CC(/C=C/CNC(=O)N1CCCN(c2ncc(C(F)(F)F)cn2)CC1)Nc1cn[nH]c(=O)c1C(F)(F)F. The molecule has 3 rings (SSSR count). The first-order valence-corrected chi connectivity index (χ1v) is 11.1. The van der Waals surface area contributed by atoms with Crippen molar-refractivity contribution in [2.24, 2.45) is 0 Å². The van der Waals surface area contributed by atoms with Gasteiger partial charge in [0.25, 0.3) is 5.56 Å².